The molecule has 0 saturated carbocycles. The fraction of sp³-hybridized carbons (Fsp3) is 0.125. The number of carbonyl (C=O) groups is 2. The molecule has 23 heavy (non-hydrogen) atoms. The highest BCUT2D eigenvalue weighted by molar-refractivity contribution is 6.29. The van der Waals surface area contributed by atoms with E-state index in [0.29, 0.717) is 16.8 Å². The van der Waals surface area contributed by atoms with Gasteiger partial charge in [-0.05, 0) is 24.3 Å². The summed E-state index contributed by atoms with van der Waals surface area (Å²) in [6, 6.07) is 9.62. The number of halogens is 3. The van der Waals surface area contributed by atoms with Gasteiger partial charge in [0.25, 0.3) is 0 Å². The Morgan fingerprint density at radius 1 is 0.826 bits per heavy atom. The summed E-state index contributed by atoms with van der Waals surface area (Å²) in [6.45, 7) is 0. The standard InChI is InChI=1S/C16H11F3N2O2/c17-16(18,19)9-5-7-10(8-6-9)20-21-13-14(22)11-3-1-2-4-12(11)15(13)23/h1-8,13,20-21H. The molecule has 0 amide bonds. The Labute approximate surface area is 129 Å². The van der Waals surface area contributed by atoms with Crippen LogP contribution in [0.25, 0.3) is 0 Å². The maximum absolute atomic E-state index is 12.5. The first-order chi connectivity index (χ1) is 10.9. The lowest BCUT2D eigenvalue weighted by Gasteiger charge is -2.13. The van der Waals surface area contributed by atoms with Gasteiger partial charge in [-0.1, -0.05) is 24.3 Å². The van der Waals surface area contributed by atoms with Crippen molar-refractivity contribution < 1.29 is 22.8 Å². The molecule has 118 valence electrons. The smallest absolute Gasteiger partial charge is 0.320 e. The van der Waals surface area contributed by atoms with Crippen LogP contribution in [0.1, 0.15) is 26.3 Å². The van der Waals surface area contributed by atoms with Crippen molar-refractivity contribution in [1.29, 1.82) is 0 Å². The van der Waals surface area contributed by atoms with Crippen molar-refractivity contribution in [2.24, 2.45) is 0 Å². The van der Waals surface area contributed by atoms with Crippen LogP contribution in [0, 0.1) is 0 Å². The van der Waals surface area contributed by atoms with Gasteiger partial charge in [0.2, 0.25) is 0 Å². The van der Waals surface area contributed by atoms with E-state index in [9.17, 15) is 22.8 Å². The van der Waals surface area contributed by atoms with Gasteiger partial charge in [-0.2, -0.15) is 13.2 Å². The Morgan fingerprint density at radius 2 is 1.35 bits per heavy atom. The van der Waals surface area contributed by atoms with Crippen LogP contribution in [0.4, 0.5) is 18.9 Å². The third-order valence-electron chi connectivity index (χ3n) is 3.56. The van der Waals surface area contributed by atoms with E-state index in [0.717, 1.165) is 12.1 Å². The van der Waals surface area contributed by atoms with E-state index in [-0.39, 0.29) is 11.6 Å². The van der Waals surface area contributed by atoms with Crippen LogP contribution in [-0.4, -0.2) is 17.6 Å². The molecule has 1 aliphatic carbocycles. The molecule has 0 aromatic heterocycles. The monoisotopic (exact) mass is 320 g/mol. The van der Waals surface area contributed by atoms with Crippen LogP contribution < -0.4 is 10.9 Å². The van der Waals surface area contributed by atoms with Gasteiger partial charge in [0.05, 0.1) is 5.56 Å². The number of rotatable bonds is 3. The maximum atomic E-state index is 12.5. The van der Waals surface area contributed by atoms with Gasteiger partial charge in [-0.15, -0.1) is 0 Å². The second kappa shape index (κ2) is 5.51. The van der Waals surface area contributed by atoms with Crippen molar-refractivity contribution in [3.63, 3.8) is 0 Å². The van der Waals surface area contributed by atoms with Crippen LogP contribution in [0.15, 0.2) is 48.5 Å². The van der Waals surface area contributed by atoms with E-state index in [1.807, 2.05) is 0 Å². The van der Waals surface area contributed by atoms with Crippen LogP contribution in [0.2, 0.25) is 0 Å². The highest BCUT2D eigenvalue weighted by atomic mass is 19.4. The van der Waals surface area contributed by atoms with Gasteiger partial charge < -0.3 is 5.43 Å². The molecule has 3 rings (SSSR count). The highest BCUT2D eigenvalue weighted by Gasteiger charge is 2.38. The molecule has 4 nitrogen and oxygen atoms in total. The zero-order valence-corrected chi connectivity index (χ0v) is 11.6. The zero-order valence-electron chi connectivity index (χ0n) is 11.6. The molecule has 2 aromatic carbocycles. The first kappa shape index (κ1) is 15.2. The number of hydrogen-bond acceptors (Lipinski definition) is 4. The molecule has 0 aliphatic heterocycles. The predicted molar refractivity (Wildman–Crippen MR) is 77.1 cm³/mol. The average Bonchev–Trinajstić information content (AvgIpc) is 2.77. The summed E-state index contributed by atoms with van der Waals surface area (Å²) in [7, 11) is 0. The maximum Gasteiger partial charge on any atom is 0.416 e. The number of alkyl halides is 3. The van der Waals surface area contributed by atoms with Crippen LogP contribution in [-0.2, 0) is 6.18 Å². The van der Waals surface area contributed by atoms with E-state index in [4.69, 9.17) is 0 Å². The largest absolute Gasteiger partial charge is 0.416 e. The minimum Gasteiger partial charge on any atom is -0.320 e. The van der Waals surface area contributed by atoms with Gasteiger partial charge >= 0.3 is 6.18 Å². The topological polar surface area (TPSA) is 58.2 Å². The van der Waals surface area contributed by atoms with E-state index in [2.05, 4.69) is 10.9 Å². The summed E-state index contributed by atoms with van der Waals surface area (Å²) < 4.78 is 37.4. The minimum atomic E-state index is -4.41. The van der Waals surface area contributed by atoms with Crippen LogP contribution >= 0.6 is 0 Å². The molecular weight excluding hydrogens is 309 g/mol. The first-order valence-electron chi connectivity index (χ1n) is 6.74. The fourth-order valence-electron chi connectivity index (χ4n) is 2.37. The zero-order chi connectivity index (χ0) is 16.6. The quantitative estimate of drug-likeness (QED) is 0.674. The van der Waals surface area contributed by atoms with Gasteiger partial charge in [-0.3, -0.25) is 9.59 Å². The van der Waals surface area contributed by atoms with Crippen LogP contribution in [0.5, 0.6) is 0 Å². The Morgan fingerprint density at radius 3 is 1.83 bits per heavy atom. The second-order valence-corrected chi connectivity index (χ2v) is 5.05. The van der Waals surface area contributed by atoms with Crippen molar-refractivity contribution in [3.05, 3.63) is 65.2 Å². The number of fused-ring (bicyclic) bond motifs is 1. The van der Waals surface area contributed by atoms with Crippen molar-refractivity contribution in [2.75, 3.05) is 5.43 Å². The van der Waals surface area contributed by atoms with Crippen molar-refractivity contribution in [3.8, 4) is 0 Å². The lowest BCUT2D eigenvalue weighted by atomic mass is 10.1. The summed E-state index contributed by atoms with van der Waals surface area (Å²) in [5.41, 5.74) is 5.39. The molecular formula is C16H11F3N2O2. The van der Waals surface area contributed by atoms with E-state index < -0.39 is 17.8 Å². The van der Waals surface area contributed by atoms with E-state index >= 15 is 0 Å². The van der Waals surface area contributed by atoms with Crippen LogP contribution in [0.3, 0.4) is 0 Å². The number of hydrogen-bond donors (Lipinski definition) is 2. The summed E-state index contributed by atoms with van der Waals surface area (Å²) in [5.74, 6) is -0.741. The molecule has 0 fully saturated rings. The summed E-state index contributed by atoms with van der Waals surface area (Å²) in [6.07, 6.45) is -4.41. The third kappa shape index (κ3) is 2.83. The molecule has 7 heteroatoms. The predicted octanol–water partition coefficient (Wildman–Crippen LogP) is 3.07. The molecule has 0 radical (unpaired) electrons. The Balaban J connectivity index is 1.70. The summed E-state index contributed by atoms with van der Waals surface area (Å²) in [5, 5.41) is 0. The van der Waals surface area contributed by atoms with Crippen molar-refractivity contribution >= 4 is 17.3 Å². The van der Waals surface area contributed by atoms with E-state index in [1.54, 1.807) is 24.3 Å². The van der Waals surface area contributed by atoms with Gasteiger partial charge in [0.1, 0.15) is 0 Å². The number of anilines is 1. The number of hydrazine groups is 1. The summed E-state index contributed by atoms with van der Waals surface area (Å²) >= 11 is 0. The number of carbonyl (C=O) groups excluding carboxylic acids is 2. The SMILES string of the molecule is O=C1c2ccccc2C(=O)C1NNc1ccc(C(F)(F)F)cc1. The molecule has 0 unspecified atom stereocenters. The van der Waals surface area contributed by atoms with Crippen molar-refractivity contribution in [2.45, 2.75) is 12.2 Å². The molecule has 0 saturated heterocycles. The molecule has 0 spiro atoms. The lowest BCUT2D eigenvalue weighted by molar-refractivity contribution is -0.137. The molecule has 0 atom stereocenters. The Hall–Kier alpha value is -2.67. The van der Waals surface area contributed by atoms with Gasteiger partial charge in [-0.25, -0.2) is 5.43 Å². The van der Waals surface area contributed by atoms with Gasteiger partial charge in [0, 0.05) is 16.8 Å². The normalized spacial score (nSPS) is 14.9. The number of benzene rings is 2. The summed E-state index contributed by atoms with van der Waals surface area (Å²) in [4.78, 5) is 24.3. The minimum absolute atomic E-state index is 0.314. The average molecular weight is 320 g/mol. The van der Waals surface area contributed by atoms with E-state index in [1.165, 1.54) is 12.1 Å². The number of Topliss-reactive ketones (excluding diaryl/α,β-unsaturated/α-hetero) is 2. The highest BCUT2D eigenvalue weighted by Crippen LogP contribution is 2.29. The molecule has 2 N–H and O–H groups in total. The molecule has 0 heterocycles. The van der Waals surface area contributed by atoms with Crippen molar-refractivity contribution in [1.82, 2.24) is 5.43 Å². The second-order valence-electron chi connectivity index (χ2n) is 5.05. The third-order valence-corrected chi connectivity index (χ3v) is 3.56. The molecule has 2 aromatic rings. The lowest BCUT2D eigenvalue weighted by Crippen LogP contribution is -2.42. The first-order valence-corrected chi connectivity index (χ1v) is 6.74. The fourth-order valence-corrected chi connectivity index (χ4v) is 2.37. The molecule has 1 aliphatic rings. The Bertz CT molecular complexity index is 735. The number of nitrogens with one attached hydrogen (secondary N) is 2. The number of ketones is 2. The Kier molecular flexibility index (Phi) is 3.65. The van der Waals surface area contributed by atoms with Gasteiger partial charge in [0.15, 0.2) is 17.6 Å². The molecule has 0 bridgehead atoms.